The van der Waals surface area contributed by atoms with Gasteiger partial charge in [0.2, 0.25) is 5.89 Å². The number of alkyl halides is 3. The van der Waals surface area contributed by atoms with Crippen molar-refractivity contribution in [2.75, 3.05) is 5.75 Å². The quantitative estimate of drug-likeness (QED) is 0.551. The van der Waals surface area contributed by atoms with Gasteiger partial charge in [-0.25, -0.2) is 18.4 Å². The number of fused-ring (bicyclic) bond motifs is 1. The second-order valence-electron chi connectivity index (χ2n) is 5.39. The van der Waals surface area contributed by atoms with Crippen LogP contribution >= 0.6 is 11.8 Å². The summed E-state index contributed by atoms with van der Waals surface area (Å²) in [6.07, 6.45) is 1.44. The first-order chi connectivity index (χ1) is 12.6. The van der Waals surface area contributed by atoms with Crippen molar-refractivity contribution in [2.24, 2.45) is 0 Å². The minimum atomic E-state index is -4.43. The van der Waals surface area contributed by atoms with E-state index in [1.807, 2.05) is 0 Å². The maximum atomic E-state index is 12.6. The van der Waals surface area contributed by atoms with Crippen LogP contribution in [-0.2, 0) is 9.84 Å². The van der Waals surface area contributed by atoms with Crippen molar-refractivity contribution in [3.63, 3.8) is 0 Å². The van der Waals surface area contributed by atoms with Crippen LogP contribution in [0.5, 0.6) is 0 Å². The Bertz CT molecular complexity index is 1120. The molecular weight excluding hydrogens is 401 g/mol. The number of halogens is 3. The number of nitrogens with zero attached hydrogens (tertiary/aromatic N) is 2. The van der Waals surface area contributed by atoms with Crippen LogP contribution in [0.15, 0.2) is 51.1 Å². The lowest BCUT2D eigenvalue weighted by molar-refractivity contribution is -0.0328. The molecule has 10 heteroatoms. The molecule has 0 aliphatic carbocycles. The third kappa shape index (κ3) is 4.16. The maximum absolute atomic E-state index is 12.6. The summed E-state index contributed by atoms with van der Waals surface area (Å²) in [7, 11) is -3.62. The number of benzene rings is 1. The van der Waals surface area contributed by atoms with E-state index in [-0.39, 0.29) is 50.0 Å². The zero-order valence-corrected chi connectivity index (χ0v) is 15.6. The Balaban J connectivity index is 2.16. The lowest BCUT2D eigenvalue weighted by atomic mass is 10.3. The second kappa shape index (κ2) is 7.01. The van der Waals surface area contributed by atoms with E-state index in [1.165, 1.54) is 43.3 Å². The van der Waals surface area contributed by atoms with Crippen molar-refractivity contribution in [1.82, 2.24) is 9.97 Å². The molecule has 2 aromatic heterocycles. The van der Waals surface area contributed by atoms with E-state index < -0.39 is 15.3 Å². The van der Waals surface area contributed by atoms with Crippen LogP contribution < -0.4 is 0 Å². The first-order valence-corrected chi connectivity index (χ1v) is 10.1. The summed E-state index contributed by atoms with van der Waals surface area (Å²) in [5.41, 5.74) is -3.62. The molecule has 0 saturated heterocycles. The molecule has 0 spiro atoms. The monoisotopic (exact) mass is 414 g/mol. The van der Waals surface area contributed by atoms with Gasteiger partial charge in [-0.1, -0.05) is 13.5 Å². The van der Waals surface area contributed by atoms with Gasteiger partial charge in [0.25, 0.3) is 0 Å². The molecule has 3 rings (SSSR count). The predicted octanol–water partition coefficient (Wildman–Crippen LogP) is 4.94. The van der Waals surface area contributed by atoms with E-state index >= 15 is 0 Å². The van der Waals surface area contributed by atoms with Crippen LogP contribution in [0, 0.1) is 0 Å². The van der Waals surface area contributed by atoms with Crippen molar-refractivity contribution in [2.45, 2.75) is 22.2 Å². The average molecular weight is 414 g/mol. The summed E-state index contributed by atoms with van der Waals surface area (Å²) in [5, 5.41) is 0. The summed E-state index contributed by atoms with van der Waals surface area (Å²) >= 11 is -0.269. The summed E-state index contributed by atoms with van der Waals surface area (Å²) in [6.45, 7) is 5.09. The van der Waals surface area contributed by atoms with E-state index in [0.29, 0.717) is 5.69 Å². The van der Waals surface area contributed by atoms with Crippen molar-refractivity contribution in [3.8, 4) is 11.6 Å². The van der Waals surface area contributed by atoms with Crippen LogP contribution in [0.2, 0.25) is 0 Å². The molecule has 1 aromatic carbocycles. The number of rotatable bonds is 5. The molecule has 27 heavy (non-hydrogen) atoms. The highest BCUT2D eigenvalue weighted by Crippen LogP contribution is 2.38. The van der Waals surface area contributed by atoms with E-state index in [2.05, 4.69) is 16.5 Å². The smallest absolute Gasteiger partial charge is 0.435 e. The maximum Gasteiger partial charge on any atom is 0.446 e. The molecule has 0 atom stereocenters. The van der Waals surface area contributed by atoms with Crippen molar-refractivity contribution in [3.05, 3.63) is 42.6 Å². The highest BCUT2D eigenvalue weighted by atomic mass is 32.2. The molecule has 0 aliphatic heterocycles. The van der Waals surface area contributed by atoms with Gasteiger partial charge in [0, 0.05) is 4.90 Å². The molecule has 0 unspecified atom stereocenters. The highest BCUT2D eigenvalue weighted by molar-refractivity contribution is 8.00. The molecule has 0 fully saturated rings. The third-order valence-corrected chi connectivity index (χ3v) is 6.08. The SMILES string of the molecule is C=Cc1ccc(S(=O)(=O)CC)c(-c2nc3cc(SC(F)(F)F)ccc3o2)n1. The fourth-order valence-electron chi connectivity index (χ4n) is 2.34. The Morgan fingerprint density at radius 1 is 1.22 bits per heavy atom. The molecule has 3 aromatic rings. The zero-order chi connectivity index (χ0) is 19.8. The lowest BCUT2D eigenvalue weighted by Gasteiger charge is -2.06. The van der Waals surface area contributed by atoms with E-state index in [4.69, 9.17) is 4.42 Å². The first-order valence-electron chi connectivity index (χ1n) is 7.66. The van der Waals surface area contributed by atoms with E-state index in [1.54, 1.807) is 0 Å². The van der Waals surface area contributed by atoms with Crippen molar-refractivity contribution in [1.29, 1.82) is 0 Å². The molecule has 2 heterocycles. The number of aromatic nitrogens is 2. The molecule has 0 saturated carbocycles. The average Bonchev–Trinajstić information content (AvgIpc) is 3.03. The summed E-state index contributed by atoms with van der Waals surface area (Å²) in [5.74, 6) is -0.239. The Labute approximate surface area is 157 Å². The normalized spacial score (nSPS) is 12.4. The number of hydrogen-bond acceptors (Lipinski definition) is 6. The lowest BCUT2D eigenvalue weighted by Crippen LogP contribution is -2.07. The van der Waals surface area contributed by atoms with Crippen LogP contribution in [0.25, 0.3) is 28.8 Å². The van der Waals surface area contributed by atoms with E-state index in [0.717, 1.165) is 0 Å². The molecule has 5 nitrogen and oxygen atoms in total. The van der Waals surface area contributed by atoms with Gasteiger partial charge in [-0.3, -0.25) is 0 Å². The van der Waals surface area contributed by atoms with Crippen molar-refractivity contribution < 1.29 is 26.0 Å². The molecule has 0 radical (unpaired) electrons. The molecule has 0 aliphatic rings. The Kier molecular flexibility index (Phi) is 5.04. The molecule has 0 bridgehead atoms. The molecular formula is C17H13F3N2O3S2. The number of oxazole rings is 1. The molecule has 0 N–H and O–H groups in total. The fraction of sp³-hybridized carbons (Fsp3) is 0.176. The predicted molar refractivity (Wildman–Crippen MR) is 97.0 cm³/mol. The van der Waals surface area contributed by atoms with Gasteiger partial charge in [-0.05, 0) is 48.2 Å². The summed E-state index contributed by atoms with van der Waals surface area (Å²) in [6, 6.07) is 6.72. The van der Waals surface area contributed by atoms with Gasteiger partial charge in [-0.2, -0.15) is 13.2 Å². The summed E-state index contributed by atoms with van der Waals surface area (Å²) in [4.78, 5) is 8.25. The number of hydrogen-bond donors (Lipinski definition) is 0. The summed E-state index contributed by atoms with van der Waals surface area (Å²) < 4.78 is 67.9. The van der Waals surface area contributed by atoms with Crippen LogP contribution in [0.4, 0.5) is 13.2 Å². The van der Waals surface area contributed by atoms with Gasteiger partial charge in [0.1, 0.15) is 11.2 Å². The Morgan fingerprint density at radius 2 is 1.96 bits per heavy atom. The first kappa shape index (κ1) is 19.4. The molecule has 142 valence electrons. The topological polar surface area (TPSA) is 73.1 Å². The minimum Gasteiger partial charge on any atom is -0.435 e. The Morgan fingerprint density at radius 3 is 2.59 bits per heavy atom. The fourth-order valence-corrected chi connectivity index (χ4v) is 3.93. The zero-order valence-electron chi connectivity index (χ0n) is 13.9. The van der Waals surface area contributed by atoms with E-state index in [9.17, 15) is 21.6 Å². The number of sulfone groups is 1. The van der Waals surface area contributed by atoms with Crippen LogP contribution in [-0.4, -0.2) is 29.6 Å². The number of pyridine rings is 1. The van der Waals surface area contributed by atoms with Crippen LogP contribution in [0.1, 0.15) is 12.6 Å². The van der Waals surface area contributed by atoms with Gasteiger partial charge in [0.05, 0.1) is 16.3 Å². The standard InChI is InChI=1S/C17H13F3N2O3S2/c1-3-10-5-8-14(27(23,24)4-2)15(21-10)16-22-12-9-11(26-17(18,19)20)6-7-13(12)25-16/h3,5-9H,1,4H2,2H3. The van der Waals surface area contributed by atoms with Crippen LogP contribution in [0.3, 0.4) is 0 Å². The van der Waals surface area contributed by atoms with Gasteiger partial charge in [-0.15, -0.1) is 0 Å². The van der Waals surface area contributed by atoms with Gasteiger partial charge >= 0.3 is 5.51 Å². The molecule has 0 amide bonds. The van der Waals surface area contributed by atoms with Gasteiger partial charge < -0.3 is 4.42 Å². The van der Waals surface area contributed by atoms with Crippen molar-refractivity contribution >= 4 is 38.8 Å². The third-order valence-electron chi connectivity index (χ3n) is 3.60. The Hall–Kier alpha value is -2.33. The highest BCUT2D eigenvalue weighted by Gasteiger charge is 2.29. The largest absolute Gasteiger partial charge is 0.446 e. The minimum absolute atomic E-state index is 0.00419. The van der Waals surface area contributed by atoms with Gasteiger partial charge in [0.15, 0.2) is 15.4 Å². The number of thioether (sulfide) groups is 1. The second-order valence-corrected chi connectivity index (χ2v) is 8.77.